The first-order valence-electron chi connectivity index (χ1n) is 11.0. The van der Waals surface area contributed by atoms with Crippen LogP contribution < -0.4 is 14.4 Å². The summed E-state index contributed by atoms with van der Waals surface area (Å²) in [5, 5.41) is 2.94. The van der Waals surface area contributed by atoms with Crippen LogP contribution in [0.1, 0.15) is 36.1 Å². The summed E-state index contributed by atoms with van der Waals surface area (Å²) in [6.45, 7) is 1.56. The van der Waals surface area contributed by atoms with Crippen molar-refractivity contribution >= 4 is 21.6 Å². The van der Waals surface area contributed by atoms with Crippen molar-refractivity contribution in [2.24, 2.45) is 0 Å². The van der Waals surface area contributed by atoms with Crippen molar-refractivity contribution in [3.63, 3.8) is 0 Å². The van der Waals surface area contributed by atoms with Gasteiger partial charge < -0.3 is 10.1 Å². The third-order valence-corrected chi connectivity index (χ3v) is 6.92. The molecular weight excluding hydrogens is 436 g/mol. The average molecular weight is 465 g/mol. The Labute approximate surface area is 195 Å². The summed E-state index contributed by atoms with van der Waals surface area (Å²) >= 11 is 0. The third kappa shape index (κ3) is 5.54. The fourth-order valence-corrected chi connectivity index (χ4v) is 4.97. The van der Waals surface area contributed by atoms with Crippen molar-refractivity contribution in [2.75, 3.05) is 17.1 Å². The predicted octanol–water partition coefficient (Wildman–Crippen LogP) is 4.61. The standard InChI is InChI=1S/C26H28N2O4S/c1-19(21-16-15-20-9-8-10-22(20)17-21)27-26(29)18-28(33(2,30)31)24-13-6-7-14-25(24)32-23-11-4-3-5-12-23/h3-7,11-17,19H,8-10,18H2,1-2H3,(H,27,29). The number of nitrogens with zero attached hydrogens (tertiary/aromatic N) is 1. The number of benzene rings is 3. The molecular formula is C26H28N2O4S. The number of carbonyl (C=O) groups excluding carboxylic acids is 1. The van der Waals surface area contributed by atoms with Gasteiger partial charge >= 0.3 is 0 Å². The van der Waals surface area contributed by atoms with Gasteiger partial charge in [0.2, 0.25) is 15.9 Å². The van der Waals surface area contributed by atoms with E-state index in [1.807, 2.05) is 31.2 Å². The minimum absolute atomic E-state index is 0.236. The molecule has 1 amide bonds. The van der Waals surface area contributed by atoms with Crippen LogP contribution in [-0.4, -0.2) is 27.1 Å². The molecule has 0 bridgehead atoms. The second kappa shape index (κ2) is 9.67. The lowest BCUT2D eigenvalue weighted by Gasteiger charge is -2.25. The molecule has 1 aliphatic carbocycles. The molecule has 0 saturated carbocycles. The van der Waals surface area contributed by atoms with Crippen molar-refractivity contribution in [2.45, 2.75) is 32.2 Å². The summed E-state index contributed by atoms with van der Waals surface area (Å²) in [5.74, 6) is 0.546. The van der Waals surface area contributed by atoms with E-state index >= 15 is 0 Å². The Morgan fingerprint density at radius 1 is 1.00 bits per heavy atom. The molecule has 0 saturated heterocycles. The molecule has 3 aromatic carbocycles. The maximum Gasteiger partial charge on any atom is 0.241 e. The zero-order chi connectivity index (χ0) is 23.4. The second-order valence-corrected chi connectivity index (χ2v) is 10.2. The first kappa shape index (κ1) is 22.9. The van der Waals surface area contributed by atoms with Gasteiger partial charge in [0.1, 0.15) is 12.3 Å². The number of hydrogen-bond acceptors (Lipinski definition) is 4. The van der Waals surface area contributed by atoms with E-state index in [1.165, 1.54) is 11.1 Å². The van der Waals surface area contributed by atoms with Crippen LogP contribution in [0.15, 0.2) is 72.8 Å². The van der Waals surface area contributed by atoms with E-state index in [9.17, 15) is 13.2 Å². The Kier molecular flexibility index (Phi) is 6.70. The molecule has 1 unspecified atom stereocenters. The molecule has 0 spiro atoms. The van der Waals surface area contributed by atoms with Crippen LogP contribution in [-0.2, 0) is 27.7 Å². The molecule has 0 fully saturated rings. The molecule has 1 N–H and O–H groups in total. The molecule has 0 aliphatic heterocycles. The van der Waals surface area contributed by atoms with E-state index < -0.39 is 10.0 Å². The van der Waals surface area contributed by atoms with Gasteiger partial charge in [-0.15, -0.1) is 0 Å². The quantitative estimate of drug-likeness (QED) is 0.528. The number of rotatable bonds is 8. The number of sulfonamides is 1. The SMILES string of the molecule is CC(NC(=O)CN(c1ccccc1Oc1ccccc1)S(C)(=O)=O)c1ccc2c(c1)CCC2. The summed E-state index contributed by atoms with van der Waals surface area (Å²) in [4.78, 5) is 12.9. The summed E-state index contributed by atoms with van der Waals surface area (Å²) < 4.78 is 32.3. The summed E-state index contributed by atoms with van der Waals surface area (Å²) in [6.07, 6.45) is 4.41. The van der Waals surface area contributed by atoms with Gasteiger partial charge in [0.15, 0.2) is 5.75 Å². The van der Waals surface area contributed by atoms with Gasteiger partial charge in [-0.1, -0.05) is 48.5 Å². The van der Waals surface area contributed by atoms with E-state index in [4.69, 9.17) is 4.74 Å². The lowest BCUT2D eigenvalue weighted by atomic mass is 10.0. The van der Waals surface area contributed by atoms with E-state index in [0.717, 1.165) is 35.4 Å². The minimum atomic E-state index is -3.74. The van der Waals surface area contributed by atoms with Crippen LogP contribution in [0.2, 0.25) is 0 Å². The van der Waals surface area contributed by atoms with E-state index in [1.54, 1.807) is 36.4 Å². The summed E-state index contributed by atoms with van der Waals surface area (Å²) in [6, 6.07) is 22.0. The molecule has 33 heavy (non-hydrogen) atoms. The molecule has 3 aromatic rings. The zero-order valence-electron chi connectivity index (χ0n) is 18.8. The van der Waals surface area contributed by atoms with Gasteiger partial charge in [-0.2, -0.15) is 0 Å². The van der Waals surface area contributed by atoms with E-state index in [2.05, 4.69) is 17.4 Å². The minimum Gasteiger partial charge on any atom is -0.455 e. The van der Waals surface area contributed by atoms with Gasteiger partial charge in [0.25, 0.3) is 0 Å². The molecule has 6 nitrogen and oxygen atoms in total. The topological polar surface area (TPSA) is 75.7 Å². The molecule has 172 valence electrons. The number of hydrogen-bond donors (Lipinski definition) is 1. The Hall–Kier alpha value is -3.32. The van der Waals surface area contributed by atoms with Gasteiger partial charge in [-0.05, 0) is 67.1 Å². The number of ether oxygens (including phenoxy) is 1. The highest BCUT2D eigenvalue weighted by Crippen LogP contribution is 2.33. The van der Waals surface area contributed by atoms with Gasteiger partial charge in [-0.25, -0.2) is 8.42 Å². The fraction of sp³-hybridized carbons (Fsp3) is 0.269. The van der Waals surface area contributed by atoms with Crippen LogP contribution in [0.4, 0.5) is 5.69 Å². The highest BCUT2D eigenvalue weighted by atomic mass is 32.2. The van der Waals surface area contributed by atoms with Crippen molar-refractivity contribution in [3.05, 3.63) is 89.5 Å². The monoisotopic (exact) mass is 464 g/mol. The Balaban J connectivity index is 1.52. The maximum absolute atomic E-state index is 12.9. The Bertz CT molecular complexity index is 1240. The number of fused-ring (bicyclic) bond motifs is 1. The molecule has 1 aliphatic rings. The van der Waals surface area contributed by atoms with Crippen LogP contribution >= 0.6 is 0 Å². The molecule has 1 atom stereocenters. The van der Waals surface area contributed by atoms with Crippen molar-refractivity contribution in [1.29, 1.82) is 0 Å². The van der Waals surface area contributed by atoms with Crippen LogP contribution in [0, 0.1) is 0 Å². The molecule has 7 heteroatoms. The number of amides is 1. The predicted molar refractivity (Wildman–Crippen MR) is 130 cm³/mol. The van der Waals surface area contributed by atoms with Crippen molar-refractivity contribution in [3.8, 4) is 11.5 Å². The average Bonchev–Trinajstić information content (AvgIpc) is 3.26. The fourth-order valence-electron chi connectivity index (χ4n) is 4.11. The lowest BCUT2D eigenvalue weighted by Crippen LogP contribution is -2.41. The molecule has 0 aromatic heterocycles. The molecule has 0 heterocycles. The number of aryl methyl sites for hydroxylation is 2. The van der Waals surface area contributed by atoms with Crippen LogP contribution in [0.5, 0.6) is 11.5 Å². The van der Waals surface area contributed by atoms with E-state index in [-0.39, 0.29) is 18.5 Å². The van der Waals surface area contributed by atoms with Crippen molar-refractivity contribution in [1.82, 2.24) is 5.32 Å². The van der Waals surface area contributed by atoms with Gasteiger partial charge in [0, 0.05) is 0 Å². The van der Waals surface area contributed by atoms with Crippen LogP contribution in [0.3, 0.4) is 0 Å². The van der Waals surface area contributed by atoms with Crippen molar-refractivity contribution < 1.29 is 17.9 Å². The molecule has 4 rings (SSSR count). The number of anilines is 1. The summed E-state index contributed by atoms with van der Waals surface area (Å²) in [7, 11) is -3.74. The van der Waals surface area contributed by atoms with E-state index in [0.29, 0.717) is 17.2 Å². The number of para-hydroxylation sites is 3. The maximum atomic E-state index is 12.9. The smallest absolute Gasteiger partial charge is 0.241 e. The second-order valence-electron chi connectivity index (χ2n) is 8.32. The third-order valence-electron chi connectivity index (χ3n) is 5.79. The first-order valence-corrected chi connectivity index (χ1v) is 12.9. The Morgan fingerprint density at radius 2 is 1.70 bits per heavy atom. The lowest BCUT2D eigenvalue weighted by molar-refractivity contribution is -0.120. The van der Waals surface area contributed by atoms with Gasteiger partial charge in [-0.3, -0.25) is 9.10 Å². The summed E-state index contributed by atoms with van der Waals surface area (Å²) in [5.41, 5.74) is 4.03. The number of carbonyl (C=O) groups is 1. The van der Waals surface area contributed by atoms with Crippen LogP contribution in [0.25, 0.3) is 0 Å². The number of nitrogens with one attached hydrogen (secondary N) is 1. The first-order chi connectivity index (χ1) is 15.8. The highest BCUT2D eigenvalue weighted by molar-refractivity contribution is 7.92. The largest absolute Gasteiger partial charge is 0.455 e. The zero-order valence-corrected chi connectivity index (χ0v) is 19.6. The Morgan fingerprint density at radius 3 is 2.45 bits per heavy atom. The van der Waals surface area contributed by atoms with Gasteiger partial charge in [0.05, 0.1) is 18.0 Å². The molecule has 0 radical (unpaired) electrons. The highest BCUT2D eigenvalue weighted by Gasteiger charge is 2.25. The normalized spacial score (nSPS) is 13.8.